The lowest BCUT2D eigenvalue weighted by Gasteiger charge is -2.16. The Kier molecular flexibility index (Phi) is 3.87. The van der Waals surface area contributed by atoms with Crippen molar-refractivity contribution in [2.45, 2.75) is 4.90 Å². The zero-order chi connectivity index (χ0) is 12.4. The molecule has 2 atom stereocenters. The number of fused-ring (bicyclic) bond motifs is 1. The van der Waals surface area contributed by atoms with E-state index in [1.165, 1.54) is 32.2 Å². The van der Waals surface area contributed by atoms with E-state index in [1.807, 2.05) is 12.1 Å². The monoisotopic (exact) mass is 266 g/mol. The molecular weight excluding hydrogens is 247 g/mol. The van der Waals surface area contributed by atoms with Crippen LogP contribution in [0, 0.1) is 17.7 Å². The fourth-order valence-electron chi connectivity index (χ4n) is 2.98. The second-order valence-electron chi connectivity index (χ2n) is 5.22. The predicted molar refractivity (Wildman–Crippen MR) is 73.4 cm³/mol. The molecule has 0 amide bonds. The molecule has 0 spiro atoms. The molecule has 2 aliphatic heterocycles. The maximum Gasteiger partial charge on any atom is 0.136 e. The van der Waals surface area contributed by atoms with Crippen molar-refractivity contribution >= 4 is 11.8 Å². The SMILES string of the molecule is Fc1ccccc1SCCN1C[C@H]2CNC[C@H]2C1. The van der Waals surface area contributed by atoms with Gasteiger partial charge in [0, 0.05) is 30.3 Å². The normalized spacial score (nSPS) is 27.6. The van der Waals surface area contributed by atoms with Crippen molar-refractivity contribution in [3.05, 3.63) is 30.1 Å². The lowest BCUT2D eigenvalue weighted by atomic mass is 10.0. The first-order valence-electron chi connectivity index (χ1n) is 6.63. The number of halogens is 1. The molecule has 0 aromatic heterocycles. The van der Waals surface area contributed by atoms with Crippen LogP contribution in [0.3, 0.4) is 0 Å². The number of hydrogen-bond donors (Lipinski definition) is 1. The molecule has 2 fully saturated rings. The van der Waals surface area contributed by atoms with Crippen molar-refractivity contribution in [1.82, 2.24) is 10.2 Å². The predicted octanol–water partition coefficient (Wildman–Crippen LogP) is 2.07. The van der Waals surface area contributed by atoms with Gasteiger partial charge in [0.2, 0.25) is 0 Å². The van der Waals surface area contributed by atoms with E-state index in [9.17, 15) is 4.39 Å². The van der Waals surface area contributed by atoms with Crippen LogP contribution in [0.25, 0.3) is 0 Å². The standard InChI is InChI=1S/C14H19FN2S/c15-13-3-1-2-4-14(13)18-6-5-17-9-11-7-16-8-12(11)10-17/h1-4,11-12,16H,5-10H2/t11-,12+. The lowest BCUT2D eigenvalue weighted by Crippen LogP contribution is -2.27. The highest BCUT2D eigenvalue weighted by molar-refractivity contribution is 7.99. The van der Waals surface area contributed by atoms with Crippen LogP contribution in [0.4, 0.5) is 4.39 Å². The molecule has 0 bridgehead atoms. The van der Waals surface area contributed by atoms with Crippen LogP contribution in [0.5, 0.6) is 0 Å². The molecule has 0 radical (unpaired) electrons. The summed E-state index contributed by atoms with van der Waals surface area (Å²) in [4.78, 5) is 3.31. The van der Waals surface area contributed by atoms with Crippen LogP contribution in [-0.4, -0.2) is 43.4 Å². The molecule has 2 nitrogen and oxygen atoms in total. The van der Waals surface area contributed by atoms with Gasteiger partial charge in [0.1, 0.15) is 5.82 Å². The first-order chi connectivity index (χ1) is 8.83. The number of rotatable bonds is 4. The first-order valence-corrected chi connectivity index (χ1v) is 7.62. The molecular formula is C14H19FN2S. The molecule has 2 heterocycles. The molecule has 0 saturated carbocycles. The average Bonchev–Trinajstić information content (AvgIpc) is 2.92. The fourth-order valence-corrected chi connectivity index (χ4v) is 3.93. The molecule has 3 rings (SSSR count). The zero-order valence-electron chi connectivity index (χ0n) is 10.4. The third kappa shape index (κ3) is 2.71. The number of nitrogens with zero attached hydrogens (tertiary/aromatic N) is 1. The van der Waals surface area contributed by atoms with E-state index in [2.05, 4.69) is 10.2 Å². The Balaban J connectivity index is 1.44. The Hall–Kier alpha value is -0.580. The molecule has 1 aromatic carbocycles. The van der Waals surface area contributed by atoms with Gasteiger partial charge in [-0.05, 0) is 37.1 Å². The van der Waals surface area contributed by atoms with Crippen LogP contribution in [0.2, 0.25) is 0 Å². The molecule has 4 heteroatoms. The topological polar surface area (TPSA) is 15.3 Å². The lowest BCUT2D eigenvalue weighted by molar-refractivity contribution is 0.333. The highest BCUT2D eigenvalue weighted by Gasteiger charge is 2.35. The summed E-state index contributed by atoms with van der Waals surface area (Å²) in [6.45, 7) is 5.88. The maximum absolute atomic E-state index is 13.4. The van der Waals surface area contributed by atoms with Gasteiger partial charge >= 0.3 is 0 Å². The van der Waals surface area contributed by atoms with E-state index >= 15 is 0 Å². The highest BCUT2D eigenvalue weighted by atomic mass is 32.2. The van der Waals surface area contributed by atoms with Crippen molar-refractivity contribution in [2.75, 3.05) is 38.5 Å². The third-order valence-corrected chi connectivity index (χ3v) is 5.00. The second-order valence-corrected chi connectivity index (χ2v) is 6.35. The van der Waals surface area contributed by atoms with Gasteiger partial charge in [0.15, 0.2) is 0 Å². The minimum atomic E-state index is -0.0926. The number of benzene rings is 1. The minimum absolute atomic E-state index is 0.0926. The fraction of sp³-hybridized carbons (Fsp3) is 0.571. The Bertz CT molecular complexity index is 401. The summed E-state index contributed by atoms with van der Waals surface area (Å²) >= 11 is 1.63. The number of likely N-dealkylation sites (tertiary alicyclic amines) is 1. The van der Waals surface area contributed by atoms with Gasteiger partial charge in [-0.1, -0.05) is 12.1 Å². The summed E-state index contributed by atoms with van der Waals surface area (Å²) in [5, 5.41) is 3.45. The molecule has 0 unspecified atom stereocenters. The number of thioether (sulfide) groups is 1. The Morgan fingerprint density at radius 3 is 2.67 bits per heavy atom. The van der Waals surface area contributed by atoms with Crippen molar-refractivity contribution in [3.63, 3.8) is 0 Å². The van der Waals surface area contributed by atoms with Gasteiger partial charge in [-0.15, -0.1) is 11.8 Å². The highest BCUT2D eigenvalue weighted by Crippen LogP contribution is 2.27. The summed E-state index contributed by atoms with van der Waals surface area (Å²) < 4.78 is 13.4. The summed E-state index contributed by atoms with van der Waals surface area (Å²) in [6, 6.07) is 7.04. The Morgan fingerprint density at radius 1 is 1.22 bits per heavy atom. The summed E-state index contributed by atoms with van der Waals surface area (Å²) in [7, 11) is 0. The van der Waals surface area contributed by atoms with Gasteiger partial charge in [-0.3, -0.25) is 0 Å². The maximum atomic E-state index is 13.4. The van der Waals surface area contributed by atoms with Crippen molar-refractivity contribution < 1.29 is 4.39 Å². The minimum Gasteiger partial charge on any atom is -0.316 e. The molecule has 18 heavy (non-hydrogen) atoms. The molecule has 2 aliphatic rings. The van der Waals surface area contributed by atoms with E-state index in [1.54, 1.807) is 17.8 Å². The first kappa shape index (κ1) is 12.5. The van der Waals surface area contributed by atoms with E-state index in [-0.39, 0.29) is 5.82 Å². The molecule has 0 aliphatic carbocycles. The van der Waals surface area contributed by atoms with E-state index < -0.39 is 0 Å². The van der Waals surface area contributed by atoms with E-state index in [0.29, 0.717) is 0 Å². The van der Waals surface area contributed by atoms with Gasteiger partial charge in [0.25, 0.3) is 0 Å². The zero-order valence-corrected chi connectivity index (χ0v) is 11.3. The largest absolute Gasteiger partial charge is 0.316 e. The van der Waals surface area contributed by atoms with Crippen LogP contribution >= 0.6 is 11.8 Å². The summed E-state index contributed by atoms with van der Waals surface area (Å²) in [5.74, 6) is 2.59. The van der Waals surface area contributed by atoms with Crippen molar-refractivity contribution in [2.24, 2.45) is 11.8 Å². The van der Waals surface area contributed by atoms with Gasteiger partial charge in [-0.25, -0.2) is 4.39 Å². The number of hydrogen-bond acceptors (Lipinski definition) is 3. The Labute approximate surface area is 112 Å². The molecule has 2 saturated heterocycles. The number of nitrogens with one attached hydrogen (secondary N) is 1. The summed E-state index contributed by atoms with van der Waals surface area (Å²) in [5.41, 5.74) is 0. The third-order valence-electron chi connectivity index (χ3n) is 3.97. The Morgan fingerprint density at radius 2 is 1.94 bits per heavy atom. The van der Waals surface area contributed by atoms with Gasteiger partial charge < -0.3 is 10.2 Å². The van der Waals surface area contributed by atoms with Gasteiger partial charge in [0.05, 0.1) is 0 Å². The van der Waals surface area contributed by atoms with Crippen molar-refractivity contribution in [1.29, 1.82) is 0 Å². The van der Waals surface area contributed by atoms with Crippen LogP contribution in [0.1, 0.15) is 0 Å². The second kappa shape index (κ2) is 5.59. The summed E-state index contributed by atoms with van der Waals surface area (Å²) in [6.07, 6.45) is 0. The van der Waals surface area contributed by atoms with Crippen LogP contribution < -0.4 is 5.32 Å². The molecule has 1 N–H and O–H groups in total. The van der Waals surface area contributed by atoms with E-state index in [0.717, 1.165) is 29.0 Å². The molecule has 1 aromatic rings. The van der Waals surface area contributed by atoms with Gasteiger partial charge in [-0.2, -0.15) is 0 Å². The quantitative estimate of drug-likeness (QED) is 0.840. The molecule has 98 valence electrons. The van der Waals surface area contributed by atoms with Crippen LogP contribution in [-0.2, 0) is 0 Å². The smallest absolute Gasteiger partial charge is 0.136 e. The average molecular weight is 266 g/mol. The van der Waals surface area contributed by atoms with E-state index in [4.69, 9.17) is 0 Å². The van der Waals surface area contributed by atoms with Crippen LogP contribution in [0.15, 0.2) is 29.2 Å². The van der Waals surface area contributed by atoms with Crippen molar-refractivity contribution in [3.8, 4) is 0 Å².